The summed E-state index contributed by atoms with van der Waals surface area (Å²) in [4.78, 5) is 26.5. The lowest BCUT2D eigenvalue weighted by molar-refractivity contribution is -0.157. The number of halogens is 3. The maximum Gasteiger partial charge on any atom is 0.406 e. The Kier molecular flexibility index (Phi) is 4.15. The molecule has 1 saturated heterocycles. The van der Waals surface area contributed by atoms with E-state index in [1.54, 1.807) is 23.1 Å². The number of nitrogens with zero attached hydrogens (tertiary/aromatic N) is 2. The van der Waals surface area contributed by atoms with E-state index in [1.807, 2.05) is 0 Å². The SMILES string of the molecule is O=C1CC(C(=O)N2CCc3ccc(O)cc3C2)CN1CC(F)(F)F. The lowest BCUT2D eigenvalue weighted by atomic mass is 9.97. The highest BCUT2D eigenvalue weighted by Crippen LogP contribution is 2.28. The van der Waals surface area contributed by atoms with Gasteiger partial charge in [0, 0.05) is 26.1 Å². The molecule has 1 unspecified atom stereocenters. The molecular formula is C16H17F3N2O3. The van der Waals surface area contributed by atoms with E-state index < -0.39 is 24.5 Å². The quantitative estimate of drug-likeness (QED) is 0.890. The summed E-state index contributed by atoms with van der Waals surface area (Å²) in [7, 11) is 0. The van der Waals surface area contributed by atoms with Gasteiger partial charge in [0.05, 0.1) is 5.92 Å². The van der Waals surface area contributed by atoms with Crippen LogP contribution in [0.2, 0.25) is 0 Å². The van der Waals surface area contributed by atoms with Gasteiger partial charge in [-0.1, -0.05) is 6.07 Å². The van der Waals surface area contributed by atoms with Crippen molar-refractivity contribution in [1.29, 1.82) is 0 Å². The first-order valence-electron chi connectivity index (χ1n) is 7.67. The fraction of sp³-hybridized carbons (Fsp3) is 0.500. The Labute approximate surface area is 136 Å². The van der Waals surface area contributed by atoms with Gasteiger partial charge in [-0.15, -0.1) is 0 Å². The molecule has 24 heavy (non-hydrogen) atoms. The van der Waals surface area contributed by atoms with Gasteiger partial charge in [-0.25, -0.2) is 0 Å². The number of benzene rings is 1. The molecule has 130 valence electrons. The van der Waals surface area contributed by atoms with Crippen LogP contribution in [0.1, 0.15) is 17.5 Å². The van der Waals surface area contributed by atoms with E-state index in [1.165, 1.54) is 0 Å². The number of amides is 2. The molecule has 1 atom stereocenters. The van der Waals surface area contributed by atoms with Crippen LogP contribution in [0.4, 0.5) is 13.2 Å². The molecule has 2 aliphatic rings. The van der Waals surface area contributed by atoms with Crippen LogP contribution in [0.15, 0.2) is 18.2 Å². The Bertz CT molecular complexity index is 675. The first-order chi connectivity index (χ1) is 11.2. The number of rotatable bonds is 2. The standard InChI is InChI=1S/C16H17F3N2O3/c17-16(18,19)9-21-8-12(6-14(21)23)15(24)20-4-3-10-1-2-13(22)5-11(10)7-20/h1-2,5,12,22H,3-4,6-9H2. The molecule has 0 radical (unpaired) electrons. The number of alkyl halides is 3. The summed E-state index contributed by atoms with van der Waals surface area (Å²) in [5, 5.41) is 9.54. The lowest BCUT2D eigenvalue weighted by Gasteiger charge is -2.31. The van der Waals surface area contributed by atoms with Crippen LogP contribution in [0.5, 0.6) is 5.75 Å². The van der Waals surface area contributed by atoms with Crippen molar-refractivity contribution in [2.45, 2.75) is 25.6 Å². The molecule has 0 aromatic heterocycles. The fourth-order valence-corrected chi connectivity index (χ4v) is 3.30. The number of carbonyl (C=O) groups excluding carboxylic acids is 2. The molecule has 1 aromatic rings. The van der Waals surface area contributed by atoms with Crippen LogP contribution in [0.25, 0.3) is 0 Å². The molecule has 0 bridgehead atoms. The second-order valence-corrected chi connectivity index (χ2v) is 6.25. The molecule has 1 aromatic carbocycles. The average molecular weight is 342 g/mol. The number of hydrogen-bond acceptors (Lipinski definition) is 3. The largest absolute Gasteiger partial charge is 0.508 e. The van der Waals surface area contributed by atoms with Crippen molar-refractivity contribution in [3.8, 4) is 5.75 Å². The smallest absolute Gasteiger partial charge is 0.406 e. The van der Waals surface area contributed by atoms with E-state index >= 15 is 0 Å². The van der Waals surface area contributed by atoms with Gasteiger partial charge in [0.2, 0.25) is 11.8 Å². The first-order valence-corrected chi connectivity index (χ1v) is 7.67. The summed E-state index contributed by atoms with van der Waals surface area (Å²) >= 11 is 0. The lowest BCUT2D eigenvalue weighted by Crippen LogP contribution is -2.41. The van der Waals surface area contributed by atoms with Crippen molar-refractivity contribution < 1.29 is 27.9 Å². The Morgan fingerprint density at radius 2 is 2.04 bits per heavy atom. The molecule has 8 heteroatoms. The van der Waals surface area contributed by atoms with Crippen LogP contribution < -0.4 is 0 Å². The number of hydrogen-bond donors (Lipinski definition) is 1. The van der Waals surface area contributed by atoms with Crippen molar-refractivity contribution >= 4 is 11.8 Å². The number of phenols is 1. The van der Waals surface area contributed by atoms with E-state index in [2.05, 4.69) is 0 Å². The fourth-order valence-electron chi connectivity index (χ4n) is 3.30. The zero-order valence-electron chi connectivity index (χ0n) is 12.8. The predicted molar refractivity (Wildman–Crippen MR) is 78.0 cm³/mol. The molecule has 2 heterocycles. The van der Waals surface area contributed by atoms with Gasteiger partial charge in [0.25, 0.3) is 0 Å². The second-order valence-electron chi connectivity index (χ2n) is 6.25. The van der Waals surface area contributed by atoms with Gasteiger partial charge in [-0.2, -0.15) is 13.2 Å². The number of aromatic hydroxyl groups is 1. The third kappa shape index (κ3) is 3.47. The highest BCUT2D eigenvalue weighted by Gasteiger charge is 2.42. The number of carbonyl (C=O) groups is 2. The second kappa shape index (κ2) is 5.99. The van der Waals surface area contributed by atoms with Gasteiger partial charge in [0.15, 0.2) is 0 Å². The Morgan fingerprint density at radius 1 is 1.29 bits per heavy atom. The molecule has 1 fully saturated rings. The molecule has 0 saturated carbocycles. The van der Waals surface area contributed by atoms with Crippen LogP contribution in [0, 0.1) is 5.92 Å². The zero-order chi connectivity index (χ0) is 17.5. The van der Waals surface area contributed by atoms with Crippen molar-refractivity contribution in [3.05, 3.63) is 29.3 Å². The molecule has 2 amide bonds. The van der Waals surface area contributed by atoms with Crippen LogP contribution >= 0.6 is 0 Å². The van der Waals surface area contributed by atoms with Gasteiger partial charge in [0.1, 0.15) is 12.3 Å². The van der Waals surface area contributed by atoms with Crippen LogP contribution in [0.3, 0.4) is 0 Å². The van der Waals surface area contributed by atoms with Crippen molar-refractivity contribution in [2.75, 3.05) is 19.6 Å². The first kappa shape index (κ1) is 16.6. The normalized spacial score (nSPS) is 21.1. The Balaban J connectivity index is 1.66. The zero-order valence-corrected chi connectivity index (χ0v) is 12.8. The number of phenolic OH excluding ortho intramolecular Hbond substituents is 1. The Hall–Kier alpha value is -2.25. The summed E-state index contributed by atoms with van der Waals surface area (Å²) in [5.41, 5.74) is 1.86. The average Bonchev–Trinajstić information content (AvgIpc) is 2.84. The molecule has 2 aliphatic heterocycles. The summed E-state index contributed by atoms with van der Waals surface area (Å²) in [6.07, 6.45) is -4.03. The van der Waals surface area contributed by atoms with Gasteiger partial charge < -0.3 is 14.9 Å². The molecule has 1 N–H and O–H groups in total. The van der Waals surface area contributed by atoms with E-state index in [0.29, 0.717) is 24.4 Å². The van der Waals surface area contributed by atoms with E-state index in [-0.39, 0.29) is 24.6 Å². The van der Waals surface area contributed by atoms with Gasteiger partial charge in [-0.05, 0) is 29.7 Å². The maximum absolute atomic E-state index is 12.6. The van der Waals surface area contributed by atoms with Crippen molar-refractivity contribution in [3.63, 3.8) is 0 Å². The van der Waals surface area contributed by atoms with Gasteiger partial charge >= 0.3 is 6.18 Å². The van der Waals surface area contributed by atoms with Crippen molar-refractivity contribution in [1.82, 2.24) is 9.80 Å². The van der Waals surface area contributed by atoms with E-state index in [0.717, 1.165) is 11.1 Å². The minimum Gasteiger partial charge on any atom is -0.508 e. The monoisotopic (exact) mass is 342 g/mol. The summed E-state index contributed by atoms with van der Waals surface area (Å²) in [5.74, 6) is -1.57. The number of fused-ring (bicyclic) bond motifs is 1. The highest BCUT2D eigenvalue weighted by atomic mass is 19.4. The van der Waals surface area contributed by atoms with Crippen molar-refractivity contribution in [2.24, 2.45) is 5.92 Å². The summed E-state index contributed by atoms with van der Waals surface area (Å²) in [6, 6.07) is 4.97. The van der Waals surface area contributed by atoms with Crippen LogP contribution in [-0.4, -0.2) is 52.5 Å². The summed E-state index contributed by atoms with van der Waals surface area (Å²) in [6.45, 7) is -0.750. The summed E-state index contributed by atoms with van der Waals surface area (Å²) < 4.78 is 37.4. The van der Waals surface area contributed by atoms with E-state index in [4.69, 9.17) is 0 Å². The topological polar surface area (TPSA) is 60.9 Å². The third-order valence-corrected chi connectivity index (χ3v) is 4.45. The third-order valence-electron chi connectivity index (χ3n) is 4.45. The van der Waals surface area contributed by atoms with Crippen LogP contribution in [-0.2, 0) is 22.6 Å². The highest BCUT2D eigenvalue weighted by molar-refractivity contribution is 5.89. The van der Waals surface area contributed by atoms with Gasteiger partial charge in [-0.3, -0.25) is 9.59 Å². The molecule has 3 rings (SSSR count). The maximum atomic E-state index is 12.6. The predicted octanol–water partition coefficient (Wildman–Crippen LogP) is 1.69. The van der Waals surface area contributed by atoms with E-state index in [9.17, 15) is 27.9 Å². The minimum atomic E-state index is -4.46. The minimum absolute atomic E-state index is 0.107. The number of likely N-dealkylation sites (tertiary alicyclic amines) is 1. The Morgan fingerprint density at radius 3 is 2.75 bits per heavy atom. The molecular weight excluding hydrogens is 325 g/mol. The molecule has 0 aliphatic carbocycles. The molecule has 0 spiro atoms. The molecule has 5 nitrogen and oxygen atoms in total.